The molecule has 1 aliphatic rings. The highest BCUT2D eigenvalue weighted by atomic mass is 16.5. The molecule has 1 aromatic carbocycles. The molecule has 0 atom stereocenters. The van der Waals surface area contributed by atoms with Gasteiger partial charge in [0.2, 0.25) is 0 Å². The van der Waals surface area contributed by atoms with Gasteiger partial charge in [0.15, 0.2) is 5.65 Å². The fourth-order valence-corrected chi connectivity index (χ4v) is 3.72. The summed E-state index contributed by atoms with van der Waals surface area (Å²) in [5.41, 5.74) is 10.0. The third-order valence-electron chi connectivity index (χ3n) is 5.39. The maximum Gasteiger partial charge on any atom is 0.163 e. The van der Waals surface area contributed by atoms with E-state index in [0.29, 0.717) is 23.0 Å². The van der Waals surface area contributed by atoms with Crippen LogP contribution in [0.2, 0.25) is 0 Å². The molecule has 0 amide bonds. The molecule has 6 nitrogen and oxygen atoms in total. The Hall–Kier alpha value is -3.54. The van der Waals surface area contributed by atoms with Crippen LogP contribution in [0.5, 0.6) is 11.5 Å². The van der Waals surface area contributed by atoms with Gasteiger partial charge >= 0.3 is 0 Å². The van der Waals surface area contributed by atoms with Crippen LogP contribution < -0.4 is 20.5 Å². The zero-order valence-corrected chi connectivity index (χ0v) is 18.0. The van der Waals surface area contributed by atoms with Crippen LogP contribution in [-0.2, 0) is 0 Å². The molecule has 3 N–H and O–H groups in total. The summed E-state index contributed by atoms with van der Waals surface area (Å²) in [6, 6.07) is 11.7. The quantitative estimate of drug-likeness (QED) is 0.481. The smallest absolute Gasteiger partial charge is 0.163 e. The number of benzene rings is 1. The first-order valence-corrected chi connectivity index (χ1v) is 10.6. The van der Waals surface area contributed by atoms with E-state index >= 15 is 0 Å². The second kappa shape index (κ2) is 9.51. The summed E-state index contributed by atoms with van der Waals surface area (Å²) in [5, 5.41) is 4.32. The number of nitrogen functional groups attached to an aromatic ring is 1. The van der Waals surface area contributed by atoms with Gasteiger partial charge in [-0.1, -0.05) is 23.8 Å². The normalized spacial score (nSPS) is 13.2. The average molecular weight is 417 g/mol. The number of nitrogens with two attached hydrogens (primary N) is 1. The van der Waals surface area contributed by atoms with E-state index in [1.807, 2.05) is 36.4 Å². The summed E-state index contributed by atoms with van der Waals surface area (Å²) in [6.07, 6.45) is 11.3. The predicted molar refractivity (Wildman–Crippen MR) is 127 cm³/mol. The number of hydrogen-bond donors (Lipinski definition) is 2. The summed E-state index contributed by atoms with van der Waals surface area (Å²) >= 11 is 0. The molecule has 0 saturated heterocycles. The minimum absolute atomic E-state index is 0.420. The molecule has 0 fully saturated rings. The number of anilines is 2. The standard InChI is InChI=1S/C25H28N4O2/c1-30-20-13-19(14-21(16-20)31-2)22-15-18-10-11-23(28-25(18)29-24(22)26)27-12-6-9-17-7-4-3-5-8-17/h4,7-8,10-11,13-16H,3,5-6,9,12H2,1-2H3,(H3,26,27,28,29). The molecule has 160 valence electrons. The number of pyridine rings is 2. The molecular weight excluding hydrogens is 388 g/mol. The molecule has 4 rings (SSSR count). The minimum Gasteiger partial charge on any atom is -0.497 e. The zero-order valence-electron chi connectivity index (χ0n) is 18.0. The molecule has 2 heterocycles. The minimum atomic E-state index is 0.420. The van der Waals surface area contributed by atoms with Crippen LogP contribution in [-0.4, -0.2) is 30.7 Å². The molecule has 2 aromatic heterocycles. The van der Waals surface area contributed by atoms with Crippen molar-refractivity contribution in [1.82, 2.24) is 9.97 Å². The maximum absolute atomic E-state index is 6.29. The van der Waals surface area contributed by atoms with Crippen molar-refractivity contribution in [3.63, 3.8) is 0 Å². The highest BCUT2D eigenvalue weighted by molar-refractivity contribution is 5.88. The number of hydrogen-bond acceptors (Lipinski definition) is 6. The van der Waals surface area contributed by atoms with Crippen LogP contribution in [0.1, 0.15) is 25.7 Å². The first-order chi connectivity index (χ1) is 15.2. The van der Waals surface area contributed by atoms with Gasteiger partial charge in [-0.25, -0.2) is 9.97 Å². The molecule has 0 aliphatic heterocycles. The number of aromatic nitrogens is 2. The lowest BCUT2D eigenvalue weighted by Crippen LogP contribution is -2.05. The van der Waals surface area contributed by atoms with Gasteiger partial charge in [-0.05, 0) is 61.6 Å². The molecule has 31 heavy (non-hydrogen) atoms. The van der Waals surface area contributed by atoms with Gasteiger partial charge in [0.25, 0.3) is 0 Å². The van der Waals surface area contributed by atoms with E-state index in [-0.39, 0.29) is 0 Å². The van der Waals surface area contributed by atoms with Gasteiger partial charge in [-0.15, -0.1) is 0 Å². The van der Waals surface area contributed by atoms with Crippen LogP contribution in [0, 0.1) is 0 Å². The zero-order chi connectivity index (χ0) is 21.6. The monoisotopic (exact) mass is 416 g/mol. The van der Waals surface area contributed by atoms with Crippen molar-refractivity contribution in [3.05, 3.63) is 60.2 Å². The Balaban J connectivity index is 1.50. The Morgan fingerprint density at radius 3 is 2.52 bits per heavy atom. The Morgan fingerprint density at radius 1 is 1.00 bits per heavy atom. The van der Waals surface area contributed by atoms with Crippen molar-refractivity contribution in [2.75, 3.05) is 31.8 Å². The van der Waals surface area contributed by atoms with E-state index in [0.717, 1.165) is 54.6 Å². The lowest BCUT2D eigenvalue weighted by molar-refractivity contribution is 0.394. The number of allylic oxidation sites excluding steroid dienone is 4. The lowest BCUT2D eigenvalue weighted by Gasteiger charge is -2.12. The number of nitrogens with one attached hydrogen (secondary N) is 1. The second-order valence-electron chi connectivity index (χ2n) is 7.55. The number of rotatable bonds is 8. The predicted octanol–water partition coefficient (Wildman–Crippen LogP) is 5.36. The van der Waals surface area contributed by atoms with Gasteiger partial charge in [0.05, 0.1) is 14.2 Å². The first kappa shape index (κ1) is 20.7. The molecule has 0 radical (unpaired) electrons. The van der Waals surface area contributed by atoms with Crippen molar-refractivity contribution < 1.29 is 9.47 Å². The molecule has 0 saturated carbocycles. The van der Waals surface area contributed by atoms with Gasteiger partial charge in [-0.3, -0.25) is 0 Å². The third kappa shape index (κ3) is 4.97. The Kier molecular flexibility index (Phi) is 6.36. The van der Waals surface area contributed by atoms with E-state index < -0.39 is 0 Å². The van der Waals surface area contributed by atoms with Crippen LogP contribution in [0.25, 0.3) is 22.2 Å². The van der Waals surface area contributed by atoms with Gasteiger partial charge < -0.3 is 20.5 Å². The average Bonchev–Trinajstić information content (AvgIpc) is 2.81. The fraction of sp³-hybridized carbons (Fsp3) is 0.280. The topological polar surface area (TPSA) is 82.3 Å². The highest BCUT2D eigenvalue weighted by Crippen LogP contribution is 2.34. The maximum atomic E-state index is 6.29. The number of fused-ring (bicyclic) bond motifs is 1. The highest BCUT2D eigenvalue weighted by Gasteiger charge is 2.11. The van der Waals surface area contributed by atoms with E-state index in [4.69, 9.17) is 15.2 Å². The summed E-state index contributed by atoms with van der Waals surface area (Å²) in [4.78, 5) is 9.19. The summed E-state index contributed by atoms with van der Waals surface area (Å²) < 4.78 is 10.8. The SMILES string of the molecule is COc1cc(OC)cc(-c2cc3ccc(NCCCC4=CCCC=C4)nc3nc2N)c1. The summed E-state index contributed by atoms with van der Waals surface area (Å²) in [6.45, 7) is 0.862. The van der Waals surface area contributed by atoms with Crippen molar-refractivity contribution in [2.45, 2.75) is 25.7 Å². The molecule has 3 aromatic rings. The van der Waals surface area contributed by atoms with Crippen LogP contribution in [0.4, 0.5) is 11.6 Å². The molecule has 0 bridgehead atoms. The van der Waals surface area contributed by atoms with Crippen molar-refractivity contribution >= 4 is 22.7 Å². The van der Waals surface area contributed by atoms with Crippen LogP contribution in [0.3, 0.4) is 0 Å². The molecule has 6 heteroatoms. The fourth-order valence-electron chi connectivity index (χ4n) is 3.72. The Bertz CT molecular complexity index is 1120. The third-order valence-corrected chi connectivity index (χ3v) is 5.39. The molecule has 0 spiro atoms. The van der Waals surface area contributed by atoms with E-state index in [1.165, 1.54) is 5.57 Å². The second-order valence-corrected chi connectivity index (χ2v) is 7.55. The van der Waals surface area contributed by atoms with Crippen LogP contribution in [0.15, 0.2) is 60.2 Å². The van der Waals surface area contributed by atoms with Crippen LogP contribution >= 0.6 is 0 Å². The Labute approximate surface area is 182 Å². The largest absolute Gasteiger partial charge is 0.497 e. The molecule has 1 aliphatic carbocycles. The number of nitrogens with zero attached hydrogens (tertiary/aromatic N) is 2. The lowest BCUT2D eigenvalue weighted by atomic mass is 10.0. The molecular formula is C25H28N4O2. The van der Waals surface area contributed by atoms with E-state index in [1.54, 1.807) is 14.2 Å². The summed E-state index contributed by atoms with van der Waals surface area (Å²) in [7, 11) is 3.25. The van der Waals surface area contributed by atoms with Crippen molar-refractivity contribution in [2.24, 2.45) is 0 Å². The van der Waals surface area contributed by atoms with Gasteiger partial charge in [-0.2, -0.15) is 0 Å². The van der Waals surface area contributed by atoms with E-state index in [2.05, 4.69) is 33.5 Å². The first-order valence-electron chi connectivity index (χ1n) is 10.6. The van der Waals surface area contributed by atoms with Crippen molar-refractivity contribution in [1.29, 1.82) is 0 Å². The number of ether oxygens (including phenoxy) is 2. The number of methoxy groups -OCH3 is 2. The molecule has 0 unspecified atom stereocenters. The van der Waals surface area contributed by atoms with Gasteiger partial charge in [0, 0.05) is 23.6 Å². The van der Waals surface area contributed by atoms with Gasteiger partial charge in [0.1, 0.15) is 23.1 Å². The van der Waals surface area contributed by atoms with E-state index in [9.17, 15) is 0 Å². The van der Waals surface area contributed by atoms with Crippen molar-refractivity contribution in [3.8, 4) is 22.6 Å². The Morgan fingerprint density at radius 2 is 1.81 bits per heavy atom. The summed E-state index contributed by atoms with van der Waals surface area (Å²) in [5.74, 6) is 2.63.